The molecule has 2 aromatic carbocycles. The van der Waals surface area contributed by atoms with Crippen molar-refractivity contribution < 1.29 is 36.9 Å². The Balaban J connectivity index is 2.27. The smallest absolute Gasteiger partial charge is 0.446 e. The first-order chi connectivity index (χ1) is 11.7. The van der Waals surface area contributed by atoms with Crippen molar-refractivity contribution in [1.29, 1.82) is 0 Å². The van der Waals surface area contributed by atoms with E-state index in [0.717, 1.165) is 12.1 Å². The third kappa shape index (κ3) is 3.20. The van der Waals surface area contributed by atoms with Crippen molar-refractivity contribution in [1.82, 2.24) is 0 Å². The molecule has 9 nitrogen and oxygen atoms in total. The number of phenols is 3. The van der Waals surface area contributed by atoms with Gasteiger partial charge in [0.2, 0.25) is 5.75 Å². The molecule has 0 unspecified atom stereocenters. The Morgan fingerprint density at radius 2 is 1.60 bits per heavy atom. The molecule has 1 heterocycles. The van der Waals surface area contributed by atoms with Gasteiger partial charge in [0, 0.05) is 17.7 Å². The van der Waals surface area contributed by atoms with Crippen molar-refractivity contribution in [2.75, 3.05) is 0 Å². The molecule has 4 N–H and O–H groups in total. The van der Waals surface area contributed by atoms with E-state index in [0.29, 0.717) is 5.56 Å². The second kappa shape index (κ2) is 5.69. The molecule has 0 saturated heterocycles. The van der Waals surface area contributed by atoms with Gasteiger partial charge in [-0.3, -0.25) is 9.35 Å². The zero-order valence-corrected chi connectivity index (χ0v) is 13.0. The summed E-state index contributed by atoms with van der Waals surface area (Å²) in [6, 6.07) is 7.55. The van der Waals surface area contributed by atoms with Crippen LogP contribution in [0.1, 0.15) is 0 Å². The van der Waals surface area contributed by atoms with Crippen LogP contribution in [0.2, 0.25) is 0 Å². The average Bonchev–Trinajstić information content (AvgIpc) is 2.51. The summed E-state index contributed by atoms with van der Waals surface area (Å²) < 4.78 is 39.9. The molecule has 0 aliphatic heterocycles. The third-order valence-electron chi connectivity index (χ3n) is 3.28. The lowest BCUT2D eigenvalue weighted by atomic mass is 10.1. The van der Waals surface area contributed by atoms with Crippen LogP contribution in [0, 0.1) is 0 Å². The highest BCUT2D eigenvalue weighted by molar-refractivity contribution is 7.81. The van der Waals surface area contributed by atoms with Gasteiger partial charge in [-0.15, -0.1) is 0 Å². The van der Waals surface area contributed by atoms with Crippen molar-refractivity contribution in [3.63, 3.8) is 0 Å². The summed E-state index contributed by atoms with van der Waals surface area (Å²) in [5, 5.41) is 28.5. The number of benzene rings is 2. The molecule has 0 amide bonds. The monoisotopic (exact) mass is 366 g/mol. The fraction of sp³-hybridized carbons (Fsp3) is 0. The first-order valence-corrected chi connectivity index (χ1v) is 8.01. The summed E-state index contributed by atoms with van der Waals surface area (Å²) in [6.07, 6.45) is 0. The highest BCUT2D eigenvalue weighted by Crippen LogP contribution is 2.41. The van der Waals surface area contributed by atoms with Crippen LogP contribution in [-0.4, -0.2) is 28.3 Å². The molecule has 0 spiro atoms. The van der Waals surface area contributed by atoms with E-state index in [2.05, 4.69) is 4.18 Å². The van der Waals surface area contributed by atoms with Gasteiger partial charge in [-0.25, -0.2) is 0 Å². The van der Waals surface area contributed by atoms with Crippen molar-refractivity contribution in [3.05, 3.63) is 46.6 Å². The molecule has 3 aromatic rings. The van der Waals surface area contributed by atoms with E-state index in [1.165, 1.54) is 24.3 Å². The largest absolute Gasteiger partial charge is 0.508 e. The second-order valence-electron chi connectivity index (χ2n) is 4.98. The topological polar surface area (TPSA) is 154 Å². The van der Waals surface area contributed by atoms with E-state index in [4.69, 9.17) is 8.97 Å². The van der Waals surface area contributed by atoms with Gasteiger partial charge >= 0.3 is 10.4 Å². The number of fused-ring (bicyclic) bond motifs is 1. The van der Waals surface area contributed by atoms with Crippen LogP contribution in [0.15, 0.2) is 45.6 Å². The van der Waals surface area contributed by atoms with E-state index in [1.54, 1.807) is 0 Å². The van der Waals surface area contributed by atoms with Crippen LogP contribution >= 0.6 is 0 Å². The first-order valence-electron chi connectivity index (χ1n) is 6.65. The van der Waals surface area contributed by atoms with E-state index < -0.39 is 38.5 Å². The van der Waals surface area contributed by atoms with Crippen molar-refractivity contribution >= 4 is 21.4 Å². The molecule has 10 heteroatoms. The summed E-state index contributed by atoms with van der Waals surface area (Å²) in [5.74, 6) is -2.77. The Kier molecular flexibility index (Phi) is 3.78. The maximum atomic E-state index is 12.2. The molecule has 0 atom stereocenters. The molecule has 1 aromatic heterocycles. The zero-order valence-electron chi connectivity index (χ0n) is 12.2. The predicted octanol–water partition coefficient (Wildman–Crippen LogP) is 1.76. The van der Waals surface area contributed by atoms with E-state index in [9.17, 15) is 28.5 Å². The summed E-state index contributed by atoms with van der Waals surface area (Å²) in [7, 11) is -4.98. The minimum Gasteiger partial charge on any atom is -0.508 e. The minimum absolute atomic E-state index is 0.00158. The SMILES string of the molecule is O=c1cc(-c2ccc(O)cc2)oc2cc(OS(=O)(=O)O)c(O)c(O)c12. The van der Waals surface area contributed by atoms with E-state index in [-0.39, 0.29) is 17.1 Å². The quantitative estimate of drug-likeness (QED) is 0.401. The number of hydrogen-bond donors (Lipinski definition) is 4. The molecule has 0 radical (unpaired) electrons. The van der Waals surface area contributed by atoms with E-state index >= 15 is 0 Å². The summed E-state index contributed by atoms with van der Waals surface area (Å²) in [5.41, 5.74) is -0.582. The van der Waals surface area contributed by atoms with Crippen LogP contribution in [0.3, 0.4) is 0 Å². The number of rotatable bonds is 3. The highest BCUT2D eigenvalue weighted by Gasteiger charge is 2.21. The third-order valence-corrected chi connectivity index (χ3v) is 3.67. The standard InChI is InChI=1S/C15H10O9S/c16-8-3-1-7(2-4-8)10-5-9(17)13-11(23-10)6-12(14(18)15(13)19)24-25(20,21)22/h1-6,16,18-19H,(H,20,21,22). The van der Waals surface area contributed by atoms with Gasteiger partial charge in [0.15, 0.2) is 16.9 Å². The summed E-state index contributed by atoms with van der Waals surface area (Å²) in [4.78, 5) is 12.2. The highest BCUT2D eigenvalue weighted by atomic mass is 32.3. The number of aromatic hydroxyl groups is 3. The van der Waals surface area contributed by atoms with Gasteiger partial charge in [-0.05, 0) is 24.3 Å². The normalized spacial score (nSPS) is 11.6. The Bertz CT molecular complexity index is 1130. The van der Waals surface area contributed by atoms with Gasteiger partial charge in [-0.2, -0.15) is 8.42 Å². The molecule has 3 rings (SSSR count). The molecule has 0 bridgehead atoms. The molecule has 0 fully saturated rings. The van der Waals surface area contributed by atoms with Gasteiger partial charge < -0.3 is 23.9 Å². The van der Waals surface area contributed by atoms with Crippen LogP contribution in [-0.2, 0) is 10.4 Å². The Morgan fingerprint density at radius 1 is 0.960 bits per heavy atom. The van der Waals surface area contributed by atoms with Crippen LogP contribution in [0.25, 0.3) is 22.3 Å². The molecular weight excluding hydrogens is 356 g/mol. The van der Waals surface area contributed by atoms with Crippen LogP contribution in [0.5, 0.6) is 23.0 Å². The zero-order chi connectivity index (χ0) is 18.4. The lowest BCUT2D eigenvalue weighted by Gasteiger charge is -2.09. The number of hydrogen-bond acceptors (Lipinski definition) is 8. The van der Waals surface area contributed by atoms with Crippen molar-refractivity contribution in [2.45, 2.75) is 0 Å². The van der Waals surface area contributed by atoms with Crippen LogP contribution in [0.4, 0.5) is 0 Å². The van der Waals surface area contributed by atoms with Crippen molar-refractivity contribution in [3.8, 4) is 34.3 Å². The Hall–Kier alpha value is -3.24. The molecular formula is C15H10O9S. The predicted molar refractivity (Wildman–Crippen MR) is 85.1 cm³/mol. The second-order valence-corrected chi connectivity index (χ2v) is 6.00. The molecule has 0 aliphatic carbocycles. The average molecular weight is 366 g/mol. The molecule has 130 valence electrons. The van der Waals surface area contributed by atoms with Gasteiger partial charge in [0.25, 0.3) is 0 Å². The van der Waals surface area contributed by atoms with E-state index in [1.807, 2.05) is 0 Å². The fourth-order valence-electron chi connectivity index (χ4n) is 2.21. The van der Waals surface area contributed by atoms with Crippen molar-refractivity contribution in [2.24, 2.45) is 0 Å². The lowest BCUT2D eigenvalue weighted by Crippen LogP contribution is -2.08. The Morgan fingerprint density at radius 3 is 2.20 bits per heavy atom. The molecule has 0 aliphatic rings. The van der Waals surface area contributed by atoms with Crippen LogP contribution < -0.4 is 9.61 Å². The minimum atomic E-state index is -4.98. The molecule has 25 heavy (non-hydrogen) atoms. The summed E-state index contributed by atoms with van der Waals surface area (Å²) in [6.45, 7) is 0. The van der Waals surface area contributed by atoms with Gasteiger partial charge in [0.1, 0.15) is 22.5 Å². The fourth-order valence-corrected chi connectivity index (χ4v) is 2.57. The maximum absolute atomic E-state index is 12.2. The summed E-state index contributed by atoms with van der Waals surface area (Å²) >= 11 is 0. The Labute approximate surface area is 139 Å². The maximum Gasteiger partial charge on any atom is 0.446 e. The first kappa shape index (κ1) is 16.6. The van der Waals surface area contributed by atoms with Gasteiger partial charge in [-0.1, -0.05) is 0 Å². The number of phenolic OH excluding ortho intramolecular Hbond substituents is 3. The molecule has 0 saturated carbocycles. The van der Waals surface area contributed by atoms with Gasteiger partial charge in [0.05, 0.1) is 0 Å². The lowest BCUT2D eigenvalue weighted by molar-refractivity contribution is 0.359.